The van der Waals surface area contributed by atoms with Gasteiger partial charge in [-0.15, -0.1) is 0 Å². The molecule has 2 aliphatic heterocycles. The number of ether oxygens (including phenoxy) is 2. The molecular weight excluding hydrogens is 448 g/mol. The zero-order valence-corrected chi connectivity index (χ0v) is 21.3. The number of carbonyl (C=O) groups excluding carboxylic acids is 2. The number of hydrogen-bond acceptors (Lipinski definition) is 4. The molecule has 4 heteroatoms. The van der Waals surface area contributed by atoms with Gasteiger partial charge in [-0.25, -0.2) is 0 Å². The predicted molar refractivity (Wildman–Crippen MR) is 134 cm³/mol. The summed E-state index contributed by atoms with van der Waals surface area (Å²) in [6, 6.07) is 4.56. The van der Waals surface area contributed by atoms with Gasteiger partial charge in [0, 0.05) is 11.1 Å². The number of rotatable bonds is 6. The van der Waals surface area contributed by atoms with Crippen molar-refractivity contribution in [1.82, 2.24) is 0 Å². The van der Waals surface area contributed by atoms with Crippen LogP contribution in [0.15, 0.2) is 12.1 Å². The first-order chi connectivity index (χ1) is 17.5. The van der Waals surface area contributed by atoms with Crippen molar-refractivity contribution in [2.75, 3.05) is 13.2 Å². The van der Waals surface area contributed by atoms with Gasteiger partial charge in [0.15, 0.2) is 11.6 Å². The highest BCUT2D eigenvalue weighted by Gasteiger charge is 2.56. The van der Waals surface area contributed by atoms with Gasteiger partial charge in [-0.2, -0.15) is 0 Å². The molecule has 8 bridgehead atoms. The summed E-state index contributed by atoms with van der Waals surface area (Å²) in [5.74, 6) is 5.18. The van der Waals surface area contributed by atoms with Crippen LogP contribution in [0.5, 0.6) is 0 Å². The van der Waals surface area contributed by atoms with E-state index in [1.807, 2.05) is 0 Å². The molecule has 2 saturated heterocycles. The Morgan fingerprint density at radius 2 is 0.861 bits per heavy atom. The molecule has 10 fully saturated rings. The van der Waals surface area contributed by atoms with Crippen LogP contribution >= 0.6 is 0 Å². The highest BCUT2D eigenvalue weighted by molar-refractivity contribution is 6.08. The molecule has 2 heterocycles. The summed E-state index contributed by atoms with van der Waals surface area (Å²) in [6.45, 7) is 1.07. The Hall–Kier alpha value is -1.52. The van der Waals surface area contributed by atoms with E-state index in [0.29, 0.717) is 13.2 Å². The molecule has 0 aromatic heterocycles. The van der Waals surface area contributed by atoms with Gasteiger partial charge in [0.1, 0.15) is 12.2 Å². The lowest BCUT2D eigenvalue weighted by Gasteiger charge is -2.59. The summed E-state index contributed by atoms with van der Waals surface area (Å²) in [5.41, 5.74) is 4.56. The van der Waals surface area contributed by atoms with Crippen LogP contribution in [0.1, 0.15) is 109 Å². The molecule has 2 unspecified atom stereocenters. The molecule has 11 rings (SSSR count). The fourth-order valence-corrected chi connectivity index (χ4v) is 11.5. The minimum atomic E-state index is -0.303. The Bertz CT molecular complexity index is 1010. The molecule has 8 aliphatic carbocycles. The van der Waals surface area contributed by atoms with E-state index in [0.717, 1.165) is 46.6 Å². The van der Waals surface area contributed by atoms with Gasteiger partial charge in [0.05, 0.1) is 13.2 Å². The minimum Gasteiger partial charge on any atom is -0.364 e. The predicted octanol–water partition coefficient (Wildman–Crippen LogP) is 5.79. The zero-order chi connectivity index (χ0) is 23.8. The first-order valence-corrected chi connectivity index (χ1v) is 15.0. The van der Waals surface area contributed by atoms with Gasteiger partial charge in [0.25, 0.3) is 0 Å². The third kappa shape index (κ3) is 3.06. The Kier molecular flexibility index (Phi) is 4.23. The monoisotopic (exact) mass is 486 g/mol. The maximum absolute atomic E-state index is 13.8. The summed E-state index contributed by atoms with van der Waals surface area (Å²) in [4.78, 5) is 27.5. The average Bonchev–Trinajstić information content (AvgIpc) is 3.74. The van der Waals surface area contributed by atoms with Crippen LogP contribution in [0, 0.1) is 35.5 Å². The maximum Gasteiger partial charge on any atom is 0.194 e. The molecule has 36 heavy (non-hydrogen) atoms. The third-order valence-electron chi connectivity index (χ3n) is 12.2. The second-order valence-electron chi connectivity index (χ2n) is 14.7. The van der Waals surface area contributed by atoms with E-state index in [1.165, 1.54) is 88.2 Å². The van der Waals surface area contributed by atoms with Crippen LogP contribution in [0.2, 0.25) is 0 Å². The molecule has 190 valence electrons. The van der Waals surface area contributed by atoms with E-state index in [-0.39, 0.29) is 34.6 Å². The van der Waals surface area contributed by atoms with Gasteiger partial charge in [-0.05, 0) is 141 Å². The Morgan fingerprint density at radius 1 is 0.556 bits per heavy atom. The summed E-state index contributed by atoms with van der Waals surface area (Å²) in [5, 5.41) is 0. The van der Waals surface area contributed by atoms with E-state index >= 15 is 0 Å². The normalized spacial score (nSPS) is 48.9. The van der Waals surface area contributed by atoms with Crippen molar-refractivity contribution in [3.63, 3.8) is 0 Å². The lowest BCUT2D eigenvalue weighted by Crippen LogP contribution is -2.51. The van der Waals surface area contributed by atoms with Crippen molar-refractivity contribution in [1.29, 1.82) is 0 Å². The topological polar surface area (TPSA) is 59.2 Å². The number of epoxide rings is 2. The molecule has 1 aromatic carbocycles. The molecule has 0 amide bonds. The smallest absolute Gasteiger partial charge is 0.194 e. The number of carbonyl (C=O) groups is 2. The van der Waals surface area contributed by atoms with Crippen molar-refractivity contribution >= 4 is 11.6 Å². The molecular formula is C32H38O4. The molecule has 8 saturated carbocycles. The van der Waals surface area contributed by atoms with Crippen LogP contribution < -0.4 is 0 Å². The van der Waals surface area contributed by atoms with Gasteiger partial charge in [0.2, 0.25) is 0 Å². The molecule has 0 spiro atoms. The van der Waals surface area contributed by atoms with Crippen molar-refractivity contribution in [3.8, 4) is 0 Å². The van der Waals surface area contributed by atoms with Gasteiger partial charge in [-0.3, -0.25) is 9.59 Å². The van der Waals surface area contributed by atoms with Gasteiger partial charge < -0.3 is 9.47 Å². The first-order valence-electron chi connectivity index (χ1n) is 15.0. The average molecular weight is 487 g/mol. The third-order valence-corrected chi connectivity index (χ3v) is 12.2. The van der Waals surface area contributed by atoms with E-state index in [1.54, 1.807) is 0 Å². The standard InChI is InChI=1S/C32H38O4/c33-29(27-15-35-27)23-7-24(30(34)28-16-36-28)26(32-12-20-4-21(13-32)6-22(5-20)14-32)8-25(23)31-9-17-1-18(10-31)3-19(2-17)11-31/h7-8,17-22,27-28H,1-6,9-16H2. The van der Waals surface area contributed by atoms with Gasteiger partial charge in [-0.1, -0.05) is 6.07 Å². The largest absolute Gasteiger partial charge is 0.364 e. The van der Waals surface area contributed by atoms with Gasteiger partial charge >= 0.3 is 0 Å². The van der Waals surface area contributed by atoms with E-state index in [9.17, 15) is 9.59 Å². The lowest BCUT2D eigenvalue weighted by atomic mass is 9.46. The summed E-state index contributed by atoms with van der Waals surface area (Å²) < 4.78 is 11.1. The zero-order valence-electron chi connectivity index (χ0n) is 21.3. The van der Waals surface area contributed by atoms with Crippen molar-refractivity contribution < 1.29 is 19.1 Å². The van der Waals surface area contributed by atoms with Crippen LogP contribution in [0.3, 0.4) is 0 Å². The molecule has 10 aliphatic rings. The second kappa shape index (κ2) is 7.11. The summed E-state index contributed by atoms with van der Waals surface area (Å²) in [6.07, 6.45) is 15.2. The fraction of sp³-hybridized carbons (Fsp3) is 0.750. The molecule has 1 aromatic rings. The Morgan fingerprint density at radius 3 is 1.14 bits per heavy atom. The summed E-state index contributed by atoms with van der Waals surface area (Å²) in [7, 11) is 0. The quantitative estimate of drug-likeness (QED) is 0.377. The first kappa shape index (κ1) is 21.4. The van der Waals surface area contributed by atoms with Crippen molar-refractivity contribution in [2.45, 2.75) is 100 Å². The molecule has 0 radical (unpaired) electrons. The number of benzene rings is 1. The van der Waals surface area contributed by atoms with Crippen molar-refractivity contribution in [2.24, 2.45) is 35.5 Å². The number of Topliss-reactive ketones (excluding diaryl/α,β-unsaturated/α-hetero) is 2. The molecule has 4 nitrogen and oxygen atoms in total. The van der Waals surface area contributed by atoms with Crippen LogP contribution in [-0.2, 0) is 20.3 Å². The summed E-state index contributed by atoms with van der Waals surface area (Å²) >= 11 is 0. The Balaban J connectivity index is 1.25. The fourth-order valence-electron chi connectivity index (χ4n) is 11.5. The highest BCUT2D eigenvalue weighted by Crippen LogP contribution is 2.64. The van der Waals surface area contributed by atoms with Crippen LogP contribution in [0.4, 0.5) is 0 Å². The SMILES string of the molecule is O=C(c1cc(C(=O)C2CO2)c(C23CC4CC(CC(C4)C2)C3)cc1C12CC3CC(CC(C3)C1)C2)C1CO1. The minimum absolute atomic E-state index is 0.128. The Labute approximate surface area is 213 Å². The van der Waals surface area contributed by atoms with Crippen LogP contribution in [0.25, 0.3) is 0 Å². The maximum atomic E-state index is 13.8. The van der Waals surface area contributed by atoms with E-state index in [4.69, 9.17) is 9.47 Å². The van der Waals surface area contributed by atoms with E-state index in [2.05, 4.69) is 12.1 Å². The number of ketones is 2. The molecule has 2 atom stereocenters. The second-order valence-corrected chi connectivity index (χ2v) is 14.7. The molecule has 0 N–H and O–H groups in total. The van der Waals surface area contributed by atoms with Crippen molar-refractivity contribution in [3.05, 3.63) is 34.4 Å². The number of hydrogen-bond donors (Lipinski definition) is 0. The van der Waals surface area contributed by atoms with Crippen LogP contribution in [-0.4, -0.2) is 37.0 Å². The lowest BCUT2D eigenvalue weighted by molar-refractivity contribution is -0.00883. The highest BCUT2D eigenvalue weighted by atomic mass is 16.6. The van der Waals surface area contributed by atoms with E-state index < -0.39 is 0 Å².